The summed E-state index contributed by atoms with van der Waals surface area (Å²) in [5.74, 6) is 0.847. The molecule has 1 aromatic rings. The number of methoxy groups -OCH3 is 1. The van der Waals surface area contributed by atoms with E-state index in [1.54, 1.807) is 7.11 Å². The molecule has 1 atom stereocenters. The molecule has 0 aromatic heterocycles. The zero-order chi connectivity index (χ0) is 14.2. The van der Waals surface area contributed by atoms with Crippen LogP contribution in [-0.2, 0) is 12.0 Å². The van der Waals surface area contributed by atoms with Crippen LogP contribution < -0.4 is 4.74 Å². The lowest BCUT2D eigenvalue weighted by Gasteiger charge is -2.41. The zero-order valence-corrected chi connectivity index (χ0v) is 12.2. The van der Waals surface area contributed by atoms with Gasteiger partial charge in [0.15, 0.2) is 0 Å². The van der Waals surface area contributed by atoms with Crippen LogP contribution in [0, 0.1) is 11.3 Å². The number of ether oxygens (including phenoxy) is 1. The summed E-state index contributed by atoms with van der Waals surface area (Å²) < 4.78 is 5.35. The fourth-order valence-electron chi connectivity index (χ4n) is 3.44. The highest BCUT2D eigenvalue weighted by Crippen LogP contribution is 2.43. The Morgan fingerprint density at radius 2 is 2.00 bits per heavy atom. The first-order valence-corrected chi connectivity index (χ1v) is 7.22. The molecule has 4 nitrogen and oxygen atoms in total. The van der Waals surface area contributed by atoms with Gasteiger partial charge in [-0.15, -0.1) is 0 Å². The molecule has 3 rings (SSSR count). The van der Waals surface area contributed by atoms with E-state index in [4.69, 9.17) is 4.74 Å². The molecular formula is C16H21N3O. The van der Waals surface area contributed by atoms with E-state index in [-0.39, 0.29) is 0 Å². The van der Waals surface area contributed by atoms with Gasteiger partial charge in [0.05, 0.1) is 13.2 Å². The Balaban J connectivity index is 1.98. The van der Waals surface area contributed by atoms with E-state index in [2.05, 4.69) is 35.0 Å². The largest absolute Gasteiger partial charge is 0.497 e. The highest BCUT2D eigenvalue weighted by molar-refractivity contribution is 5.47. The lowest BCUT2D eigenvalue weighted by atomic mass is 9.90. The molecule has 0 amide bonds. The molecule has 2 aliphatic rings. The van der Waals surface area contributed by atoms with Crippen molar-refractivity contribution in [1.82, 2.24) is 9.80 Å². The Hall–Kier alpha value is -1.57. The Labute approximate surface area is 120 Å². The lowest BCUT2D eigenvalue weighted by molar-refractivity contribution is 0.0726. The highest BCUT2D eigenvalue weighted by Gasteiger charge is 2.45. The van der Waals surface area contributed by atoms with Crippen LogP contribution in [0.5, 0.6) is 5.75 Å². The number of rotatable bonds is 2. The summed E-state index contributed by atoms with van der Waals surface area (Å²) in [4.78, 5) is 4.68. The molecule has 4 heteroatoms. The normalized spacial score (nSPS) is 27.1. The fourth-order valence-corrected chi connectivity index (χ4v) is 3.44. The molecule has 0 N–H and O–H groups in total. The smallest absolute Gasteiger partial charge is 0.135 e. The molecule has 1 aromatic carbocycles. The maximum atomic E-state index is 9.90. The molecule has 20 heavy (non-hydrogen) atoms. The van der Waals surface area contributed by atoms with E-state index < -0.39 is 5.54 Å². The van der Waals surface area contributed by atoms with Gasteiger partial charge < -0.3 is 9.64 Å². The Morgan fingerprint density at radius 1 is 1.25 bits per heavy atom. The van der Waals surface area contributed by atoms with Crippen LogP contribution in [0.15, 0.2) is 18.2 Å². The SMILES string of the molecule is COc1ccc2c(c1)C(C#N)(N1CCN(C)CC1)CC2. The third-order valence-electron chi connectivity index (χ3n) is 4.75. The Kier molecular flexibility index (Phi) is 3.41. The molecule has 0 bridgehead atoms. The van der Waals surface area contributed by atoms with Crippen molar-refractivity contribution in [3.63, 3.8) is 0 Å². The summed E-state index contributed by atoms with van der Waals surface area (Å²) in [5.41, 5.74) is 2.00. The molecule has 0 saturated carbocycles. The standard InChI is InChI=1S/C16H21N3O/c1-18-7-9-19(10-8-18)16(12-17)6-5-13-3-4-14(20-2)11-15(13)16/h3-4,11H,5-10H2,1-2H3. The second-order valence-corrected chi connectivity index (χ2v) is 5.79. The highest BCUT2D eigenvalue weighted by atomic mass is 16.5. The van der Waals surface area contributed by atoms with Gasteiger partial charge in [0.2, 0.25) is 0 Å². The summed E-state index contributed by atoms with van der Waals surface area (Å²) in [6, 6.07) is 8.79. The van der Waals surface area contributed by atoms with Gasteiger partial charge in [-0.1, -0.05) is 6.07 Å². The second-order valence-electron chi connectivity index (χ2n) is 5.79. The van der Waals surface area contributed by atoms with Crippen molar-refractivity contribution in [2.45, 2.75) is 18.4 Å². The maximum Gasteiger partial charge on any atom is 0.135 e. The number of hydrogen-bond acceptors (Lipinski definition) is 4. The quantitative estimate of drug-likeness (QED) is 0.819. The van der Waals surface area contributed by atoms with Crippen molar-refractivity contribution in [3.8, 4) is 11.8 Å². The van der Waals surface area contributed by atoms with E-state index in [1.807, 2.05) is 6.07 Å². The van der Waals surface area contributed by atoms with Crippen molar-refractivity contribution in [3.05, 3.63) is 29.3 Å². The minimum atomic E-state index is -0.453. The van der Waals surface area contributed by atoms with Crippen LogP contribution in [0.1, 0.15) is 17.5 Å². The predicted octanol–water partition coefficient (Wildman–Crippen LogP) is 1.61. The average molecular weight is 271 g/mol. The van der Waals surface area contributed by atoms with E-state index in [1.165, 1.54) is 5.56 Å². The fraction of sp³-hybridized carbons (Fsp3) is 0.562. The molecule has 1 aliphatic heterocycles. The van der Waals surface area contributed by atoms with Crippen LogP contribution in [0.2, 0.25) is 0 Å². The predicted molar refractivity (Wildman–Crippen MR) is 77.7 cm³/mol. The third kappa shape index (κ3) is 1.98. The van der Waals surface area contributed by atoms with Gasteiger partial charge in [-0.2, -0.15) is 5.26 Å². The van der Waals surface area contributed by atoms with Gasteiger partial charge in [-0.3, -0.25) is 4.90 Å². The molecule has 1 heterocycles. The molecular weight excluding hydrogens is 250 g/mol. The summed E-state index contributed by atoms with van der Waals surface area (Å²) in [6.07, 6.45) is 1.88. The van der Waals surface area contributed by atoms with Crippen molar-refractivity contribution in [2.24, 2.45) is 0 Å². The van der Waals surface area contributed by atoms with Gasteiger partial charge in [0.1, 0.15) is 11.3 Å². The number of nitrogens with zero attached hydrogens (tertiary/aromatic N) is 3. The van der Waals surface area contributed by atoms with Gasteiger partial charge in [0, 0.05) is 26.2 Å². The van der Waals surface area contributed by atoms with Gasteiger partial charge in [-0.05, 0) is 43.1 Å². The van der Waals surface area contributed by atoms with E-state index in [9.17, 15) is 5.26 Å². The molecule has 1 fully saturated rings. The second kappa shape index (κ2) is 5.08. The van der Waals surface area contributed by atoms with Crippen molar-refractivity contribution < 1.29 is 4.74 Å². The molecule has 0 radical (unpaired) electrons. The third-order valence-corrected chi connectivity index (χ3v) is 4.75. The summed E-state index contributed by atoms with van der Waals surface area (Å²) in [7, 11) is 3.82. The van der Waals surface area contributed by atoms with Gasteiger partial charge in [0.25, 0.3) is 0 Å². The Morgan fingerprint density at radius 3 is 2.65 bits per heavy atom. The number of aryl methyl sites for hydroxylation is 1. The molecule has 106 valence electrons. The first-order chi connectivity index (χ1) is 9.69. The Bertz CT molecular complexity index is 543. The van der Waals surface area contributed by atoms with Crippen LogP contribution in [-0.4, -0.2) is 50.1 Å². The molecule has 1 unspecified atom stereocenters. The lowest BCUT2D eigenvalue weighted by Crippen LogP contribution is -2.53. The number of benzene rings is 1. The summed E-state index contributed by atoms with van der Waals surface area (Å²) >= 11 is 0. The number of likely N-dealkylation sites (N-methyl/N-ethyl adjacent to an activating group) is 1. The first kappa shape index (κ1) is 13.4. The number of nitriles is 1. The monoisotopic (exact) mass is 271 g/mol. The van der Waals surface area contributed by atoms with Gasteiger partial charge >= 0.3 is 0 Å². The average Bonchev–Trinajstić information content (AvgIpc) is 2.87. The zero-order valence-electron chi connectivity index (χ0n) is 12.2. The van der Waals surface area contributed by atoms with Crippen molar-refractivity contribution in [2.75, 3.05) is 40.3 Å². The molecule has 0 spiro atoms. The van der Waals surface area contributed by atoms with Crippen LogP contribution in [0.4, 0.5) is 0 Å². The summed E-state index contributed by atoms with van der Waals surface area (Å²) in [6.45, 7) is 3.98. The first-order valence-electron chi connectivity index (χ1n) is 7.22. The van der Waals surface area contributed by atoms with E-state index in [0.717, 1.165) is 50.3 Å². The minimum absolute atomic E-state index is 0.453. The number of hydrogen-bond donors (Lipinski definition) is 0. The minimum Gasteiger partial charge on any atom is -0.497 e. The maximum absolute atomic E-state index is 9.90. The topological polar surface area (TPSA) is 39.5 Å². The summed E-state index contributed by atoms with van der Waals surface area (Å²) in [5, 5.41) is 9.90. The molecule has 1 aliphatic carbocycles. The van der Waals surface area contributed by atoms with E-state index in [0.29, 0.717) is 0 Å². The van der Waals surface area contributed by atoms with Crippen molar-refractivity contribution >= 4 is 0 Å². The van der Waals surface area contributed by atoms with Crippen LogP contribution in [0.3, 0.4) is 0 Å². The van der Waals surface area contributed by atoms with Crippen LogP contribution in [0.25, 0.3) is 0 Å². The van der Waals surface area contributed by atoms with Gasteiger partial charge in [-0.25, -0.2) is 0 Å². The molecule has 1 saturated heterocycles. The number of fused-ring (bicyclic) bond motifs is 1. The number of piperazine rings is 1. The van der Waals surface area contributed by atoms with Crippen molar-refractivity contribution in [1.29, 1.82) is 5.26 Å². The van der Waals surface area contributed by atoms with Crippen LogP contribution >= 0.6 is 0 Å². The van der Waals surface area contributed by atoms with E-state index >= 15 is 0 Å².